The number of benzene rings is 1. The highest BCUT2D eigenvalue weighted by Gasteiger charge is 2.44. The molecule has 0 aromatic heterocycles. The van der Waals surface area contributed by atoms with Crippen molar-refractivity contribution in [3.05, 3.63) is 29.8 Å². The minimum absolute atomic E-state index is 0.410. The van der Waals surface area contributed by atoms with Gasteiger partial charge in [0.2, 0.25) is 0 Å². The van der Waals surface area contributed by atoms with Crippen molar-refractivity contribution in [1.82, 2.24) is 5.32 Å². The molecule has 1 unspecified atom stereocenters. The molecule has 0 bridgehead atoms. The first-order valence-corrected chi connectivity index (χ1v) is 6.76. The number of ether oxygens (including phenoxy) is 2. The fourth-order valence-electron chi connectivity index (χ4n) is 3.42. The lowest BCUT2D eigenvalue weighted by atomic mass is 9.69. The summed E-state index contributed by atoms with van der Waals surface area (Å²) in [7, 11) is 1.71. The smallest absolute Gasteiger partial charge is 0.118 e. The molecular formula is C15H21NO2. The summed E-state index contributed by atoms with van der Waals surface area (Å²) in [4.78, 5) is 0. The van der Waals surface area contributed by atoms with Gasteiger partial charge < -0.3 is 14.8 Å². The third kappa shape index (κ3) is 2.02. The molecule has 18 heavy (non-hydrogen) atoms. The molecule has 0 aliphatic carbocycles. The van der Waals surface area contributed by atoms with Crippen LogP contribution in [0.5, 0.6) is 5.75 Å². The van der Waals surface area contributed by atoms with Crippen LogP contribution in [-0.2, 0) is 4.74 Å². The molecular weight excluding hydrogens is 226 g/mol. The summed E-state index contributed by atoms with van der Waals surface area (Å²) in [5.74, 6) is 1.55. The third-order valence-electron chi connectivity index (χ3n) is 4.57. The molecule has 98 valence electrons. The zero-order chi connectivity index (χ0) is 12.4. The molecule has 2 aliphatic rings. The second kappa shape index (κ2) is 4.90. The Bertz CT molecular complexity index is 395. The molecule has 2 aliphatic heterocycles. The van der Waals surface area contributed by atoms with Crippen molar-refractivity contribution >= 4 is 0 Å². The van der Waals surface area contributed by atoms with Crippen molar-refractivity contribution < 1.29 is 9.47 Å². The molecule has 0 saturated carbocycles. The van der Waals surface area contributed by atoms with Crippen molar-refractivity contribution in [3.8, 4) is 5.75 Å². The van der Waals surface area contributed by atoms with Crippen molar-refractivity contribution in [1.29, 1.82) is 0 Å². The molecule has 0 amide bonds. The van der Waals surface area contributed by atoms with E-state index in [1.807, 2.05) is 0 Å². The molecule has 2 fully saturated rings. The van der Waals surface area contributed by atoms with Gasteiger partial charge in [0, 0.05) is 32.2 Å². The Morgan fingerprint density at radius 1 is 1.22 bits per heavy atom. The van der Waals surface area contributed by atoms with E-state index in [1.54, 1.807) is 7.11 Å². The highest BCUT2D eigenvalue weighted by molar-refractivity contribution is 5.32. The van der Waals surface area contributed by atoms with E-state index in [4.69, 9.17) is 9.47 Å². The van der Waals surface area contributed by atoms with Gasteiger partial charge in [0.25, 0.3) is 0 Å². The van der Waals surface area contributed by atoms with Crippen LogP contribution in [0.3, 0.4) is 0 Å². The second-order valence-corrected chi connectivity index (χ2v) is 5.43. The number of hydrogen-bond donors (Lipinski definition) is 1. The molecule has 2 heterocycles. The largest absolute Gasteiger partial charge is 0.497 e. The van der Waals surface area contributed by atoms with Crippen LogP contribution < -0.4 is 10.1 Å². The van der Waals surface area contributed by atoms with E-state index < -0.39 is 0 Å². The molecule has 1 aromatic carbocycles. The molecule has 1 aromatic rings. The summed E-state index contributed by atoms with van der Waals surface area (Å²) in [6.45, 7) is 4.04. The second-order valence-electron chi connectivity index (χ2n) is 5.43. The van der Waals surface area contributed by atoms with Crippen LogP contribution in [-0.4, -0.2) is 33.4 Å². The quantitative estimate of drug-likeness (QED) is 0.869. The van der Waals surface area contributed by atoms with Gasteiger partial charge in [-0.2, -0.15) is 0 Å². The zero-order valence-corrected chi connectivity index (χ0v) is 10.9. The molecule has 0 radical (unpaired) electrons. The predicted molar refractivity (Wildman–Crippen MR) is 71.1 cm³/mol. The highest BCUT2D eigenvalue weighted by atomic mass is 16.5. The monoisotopic (exact) mass is 247 g/mol. The Hall–Kier alpha value is -1.06. The Morgan fingerprint density at radius 3 is 2.61 bits per heavy atom. The lowest BCUT2D eigenvalue weighted by molar-refractivity contribution is 0.0165. The maximum absolute atomic E-state index is 5.53. The minimum Gasteiger partial charge on any atom is -0.497 e. The van der Waals surface area contributed by atoms with Crippen molar-refractivity contribution in [2.45, 2.75) is 18.8 Å². The lowest BCUT2D eigenvalue weighted by Crippen LogP contribution is -2.35. The number of rotatable bonds is 2. The van der Waals surface area contributed by atoms with Gasteiger partial charge in [0.05, 0.1) is 7.11 Å². The van der Waals surface area contributed by atoms with Gasteiger partial charge in [-0.1, -0.05) is 12.1 Å². The molecule has 3 nitrogen and oxygen atoms in total. The van der Waals surface area contributed by atoms with Crippen molar-refractivity contribution in [2.75, 3.05) is 33.4 Å². The van der Waals surface area contributed by atoms with Gasteiger partial charge >= 0.3 is 0 Å². The van der Waals surface area contributed by atoms with Crippen LogP contribution >= 0.6 is 0 Å². The summed E-state index contributed by atoms with van der Waals surface area (Å²) in [6.07, 6.45) is 2.35. The summed E-state index contributed by atoms with van der Waals surface area (Å²) >= 11 is 0. The first-order valence-electron chi connectivity index (χ1n) is 6.76. The Labute approximate surface area is 108 Å². The summed E-state index contributed by atoms with van der Waals surface area (Å²) in [5.41, 5.74) is 1.84. The number of methoxy groups -OCH3 is 1. The molecule has 3 rings (SSSR count). The first kappa shape index (κ1) is 12.0. The highest BCUT2D eigenvalue weighted by Crippen LogP contribution is 2.46. The van der Waals surface area contributed by atoms with Gasteiger partial charge in [0.1, 0.15) is 5.75 Å². The minimum atomic E-state index is 0.410. The van der Waals surface area contributed by atoms with E-state index in [0.29, 0.717) is 11.3 Å². The van der Waals surface area contributed by atoms with E-state index in [-0.39, 0.29) is 0 Å². The number of hydrogen-bond acceptors (Lipinski definition) is 3. The maximum Gasteiger partial charge on any atom is 0.118 e. The Morgan fingerprint density at radius 2 is 1.94 bits per heavy atom. The van der Waals surface area contributed by atoms with E-state index >= 15 is 0 Å². The van der Waals surface area contributed by atoms with Crippen LogP contribution in [0.4, 0.5) is 0 Å². The van der Waals surface area contributed by atoms with E-state index in [9.17, 15) is 0 Å². The average molecular weight is 247 g/mol. The van der Waals surface area contributed by atoms with Crippen LogP contribution in [0.15, 0.2) is 24.3 Å². The van der Waals surface area contributed by atoms with Crippen LogP contribution in [0.2, 0.25) is 0 Å². The van der Waals surface area contributed by atoms with Crippen LogP contribution in [0.1, 0.15) is 24.3 Å². The van der Waals surface area contributed by atoms with Gasteiger partial charge in [0.15, 0.2) is 0 Å². The van der Waals surface area contributed by atoms with Crippen molar-refractivity contribution in [3.63, 3.8) is 0 Å². The van der Waals surface area contributed by atoms with Gasteiger partial charge in [-0.25, -0.2) is 0 Å². The normalized spacial score (nSPS) is 26.4. The topological polar surface area (TPSA) is 30.5 Å². The van der Waals surface area contributed by atoms with Gasteiger partial charge in [-0.05, 0) is 36.0 Å². The SMILES string of the molecule is COc1ccc(C2CNCC23CCOCC3)cc1. The molecule has 2 saturated heterocycles. The van der Waals surface area contributed by atoms with E-state index in [0.717, 1.165) is 32.1 Å². The molecule has 1 N–H and O–H groups in total. The third-order valence-corrected chi connectivity index (χ3v) is 4.57. The Balaban J connectivity index is 1.84. The number of nitrogens with one attached hydrogen (secondary N) is 1. The zero-order valence-electron chi connectivity index (χ0n) is 10.9. The van der Waals surface area contributed by atoms with Gasteiger partial charge in [-0.15, -0.1) is 0 Å². The van der Waals surface area contributed by atoms with E-state index in [2.05, 4.69) is 29.6 Å². The van der Waals surface area contributed by atoms with Crippen LogP contribution in [0, 0.1) is 5.41 Å². The lowest BCUT2D eigenvalue weighted by Gasteiger charge is -2.38. The summed E-state index contributed by atoms with van der Waals surface area (Å²) in [5, 5.41) is 3.57. The summed E-state index contributed by atoms with van der Waals surface area (Å²) < 4.78 is 10.8. The Kier molecular flexibility index (Phi) is 3.27. The first-order chi connectivity index (χ1) is 8.84. The average Bonchev–Trinajstić information content (AvgIpc) is 2.83. The molecule has 3 heteroatoms. The predicted octanol–water partition coefficient (Wildman–Crippen LogP) is 2.18. The van der Waals surface area contributed by atoms with E-state index in [1.165, 1.54) is 18.4 Å². The molecule has 1 atom stereocenters. The maximum atomic E-state index is 5.53. The summed E-state index contributed by atoms with van der Waals surface area (Å²) in [6, 6.07) is 8.57. The standard InChI is InChI=1S/C15H21NO2/c1-17-13-4-2-12(3-5-13)14-10-16-11-15(14)6-8-18-9-7-15/h2-5,14,16H,6-11H2,1H3. The molecule has 1 spiro atoms. The van der Waals surface area contributed by atoms with Gasteiger partial charge in [-0.3, -0.25) is 0 Å². The fourth-order valence-corrected chi connectivity index (χ4v) is 3.42. The fraction of sp³-hybridized carbons (Fsp3) is 0.600. The van der Waals surface area contributed by atoms with Crippen LogP contribution in [0.25, 0.3) is 0 Å². The van der Waals surface area contributed by atoms with Crippen molar-refractivity contribution in [2.24, 2.45) is 5.41 Å².